The van der Waals surface area contributed by atoms with Crippen LogP contribution >= 0.6 is 0 Å². The largest absolute Gasteiger partial charge is 0.324 e. The Kier molecular flexibility index (Phi) is 4.61. The predicted molar refractivity (Wildman–Crippen MR) is 104 cm³/mol. The molecule has 1 fully saturated rings. The number of nitrogens with one attached hydrogen (secondary N) is 1. The fourth-order valence-corrected chi connectivity index (χ4v) is 3.47. The molecule has 3 aromatic rings. The van der Waals surface area contributed by atoms with Crippen molar-refractivity contribution < 1.29 is 13.6 Å². The molecule has 0 unspecified atom stereocenters. The molecule has 7 heteroatoms. The standard InChI is InChI=1S/C21H22F2N4O/c1-11-4-5-12(2)16(8-11)24-18(28)10-27-21-19(13(3)26-27)15(20(22)23)9-17(25-21)14-6-7-14/h4-5,8-9,14,20H,6-7,10H2,1-3H3,(H,24,28). The molecule has 1 saturated carbocycles. The number of pyridine rings is 1. The second kappa shape index (κ2) is 6.96. The van der Waals surface area contributed by atoms with Gasteiger partial charge in [-0.3, -0.25) is 4.79 Å². The molecule has 0 bridgehead atoms. The Morgan fingerprint density at radius 1 is 1.25 bits per heavy atom. The van der Waals surface area contributed by atoms with Crippen molar-refractivity contribution in [3.63, 3.8) is 0 Å². The molecule has 0 atom stereocenters. The first-order valence-electron chi connectivity index (χ1n) is 9.36. The van der Waals surface area contributed by atoms with Gasteiger partial charge in [0.2, 0.25) is 5.91 Å². The van der Waals surface area contributed by atoms with Crippen LogP contribution in [-0.2, 0) is 11.3 Å². The van der Waals surface area contributed by atoms with Gasteiger partial charge in [-0.25, -0.2) is 18.4 Å². The third-order valence-electron chi connectivity index (χ3n) is 5.12. The Balaban J connectivity index is 1.68. The fourth-order valence-electron chi connectivity index (χ4n) is 3.47. The number of aromatic nitrogens is 3. The molecule has 0 saturated heterocycles. The smallest absolute Gasteiger partial charge is 0.264 e. The Morgan fingerprint density at radius 3 is 2.68 bits per heavy atom. The molecule has 0 radical (unpaired) electrons. The van der Waals surface area contributed by atoms with Gasteiger partial charge in [0.05, 0.1) is 11.1 Å². The van der Waals surface area contributed by atoms with E-state index in [-0.39, 0.29) is 23.9 Å². The molecule has 4 rings (SSSR count). The molecule has 28 heavy (non-hydrogen) atoms. The summed E-state index contributed by atoms with van der Waals surface area (Å²) in [6, 6.07) is 7.32. The summed E-state index contributed by atoms with van der Waals surface area (Å²) in [7, 11) is 0. The highest BCUT2D eigenvalue weighted by molar-refractivity contribution is 5.92. The topological polar surface area (TPSA) is 59.8 Å². The van der Waals surface area contributed by atoms with Gasteiger partial charge in [-0.05, 0) is 56.9 Å². The highest BCUT2D eigenvalue weighted by atomic mass is 19.3. The van der Waals surface area contributed by atoms with Gasteiger partial charge in [0.1, 0.15) is 6.54 Å². The van der Waals surface area contributed by atoms with Crippen LogP contribution in [0.1, 0.15) is 53.3 Å². The van der Waals surface area contributed by atoms with Gasteiger partial charge in [0.25, 0.3) is 6.43 Å². The Hall–Kier alpha value is -2.83. The maximum absolute atomic E-state index is 13.6. The second-order valence-electron chi connectivity index (χ2n) is 7.52. The van der Waals surface area contributed by atoms with Gasteiger partial charge < -0.3 is 5.32 Å². The minimum Gasteiger partial charge on any atom is -0.324 e. The number of rotatable bonds is 5. The second-order valence-corrected chi connectivity index (χ2v) is 7.52. The third-order valence-corrected chi connectivity index (χ3v) is 5.12. The molecule has 0 aliphatic heterocycles. The molecule has 0 spiro atoms. The van der Waals surface area contributed by atoms with Gasteiger partial charge in [-0.1, -0.05) is 12.1 Å². The van der Waals surface area contributed by atoms with Gasteiger partial charge in [-0.15, -0.1) is 0 Å². The van der Waals surface area contributed by atoms with Crippen LogP contribution in [0.3, 0.4) is 0 Å². The highest BCUT2D eigenvalue weighted by Gasteiger charge is 2.29. The normalized spacial score (nSPS) is 14.1. The zero-order chi connectivity index (χ0) is 20.0. The van der Waals surface area contributed by atoms with E-state index >= 15 is 0 Å². The number of hydrogen-bond donors (Lipinski definition) is 1. The summed E-state index contributed by atoms with van der Waals surface area (Å²) in [5.41, 5.74) is 4.16. The summed E-state index contributed by atoms with van der Waals surface area (Å²) < 4.78 is 28.7. The monoisotopic (exact) mass is 384 g/mol. The summed E-state index contributed by atoms with van der Waals surface area (Å²) in [6.07, 6.45) is -0.689. The van der Waals surface area contributed by atoms with Gasteiger partial charge in [0.15, 0.2) is 5.65 Å². The van der Waals surface area contributed by atoms with E-state index in [2.05, 4.69) is 15.4 Å². The zero-order valence-electron chi connectivity index (χ0n) is 16.1. The summed E-state index contributed by atoms with van der Waals surface area (Å²) in [4.78, 5) is 17.2. The number of halogens is 2. The molecule has 1 aliphatic rings. The van der Waals surface area contributed by atoms with Crippen molar-refractivity contribution in [3.05, 3.63) is 52.3 Å². The number of nitrogens with zero attached hydrogens (tertiary/aromatic N) is 3. The average molecular weight is 384 g/mol. The van der Waals surface area contributed by atoms with Crippen LogP contribution in [-0.4, -0.2) is 20.7 Å². The molecule has 2 heterocycles. The third kappa shape index (κ3) is 3.48. The van der Waals surface area contributed by atoms with Crippen molar-refractivity contribution >= 4 is 22.6 Å². The van der Waals surface area contributed by atoms with E-state index in [4.69, 9.17) is 0 Å². The quantitative estimate of drug-likeness (QED) is 0.687. The van der Waals surface area contributed by atoms with Crippen molar-refractivity contribution in [2.75, 3.05) is 5.32 Å². The molecule has 1 amide bonds. The van der Waals surface area contributed by atoms with Crippen molar-refractivity contribution in [2.45, 2.75) is 52.5 Å². The summed E-state index contributed by atoms with van der Waals surface area (Å²) >= 11 is 0. The first kappa shape index (κ1) is 18.5. The van der Waals surface area contributed by atoms with Crippen molar-refractivity contribution in [3.8, 4) is 0 Å². The maximum atomic E-state index is 13.6. The molecule has 5 nitrogen and oxygen atoms in total. The van der Waals surface area contributed by atoms with Crippen LogP contribution in [0.15, 0.2) is 24.3 Å². The van der Waals surface area contributed by atoms with E-state index in [0.29, 0.717) is 22.4 Å². The average Bonchev–Trinajstić information content (AvgIpc) is 3.43. The van der Waals surface area contributed by atoms with Crippen LogP contribution in [0.4, 0.5) is 14.5 Å². The molecule has 1 aliphatic carbocycles. The van der Waals surface area contributed by atoms with Crippen molar-refractivity contribution in [2.24, 2.45) is 0 Å². The fraction of sp³-hybridized carbons (Fsp3) is 0.381. The molecule has 1 aromatic carbocycles. The molecular weight excluding hydrogens is 362 g/mol. The predicted octanol–water partition coefficient (Wildman–Crippen LogP) is 4.81. The number of carbonyl (C=O) groups excluding carboxylic acids is 1. The Bertz CT molecular complexity index is 1070. The first-order valence-corrected chi connectivity index (χ1v) is 9.36. The van der Waals surface area contributed by atoms with Crippen molar-refractivity contribution in [1.82, 2.24) is 14.8 Å². The van der Waals surface area contributed by atoms with E-state index in [9.17, 15) is 13.6 Å². The van der Waals surface area contributed by atoms with E-state index < -0.39 is 6.43 Å². The Morgan fingerprint density at radius 2 is 2.00 bits per heavy atom. The van der Waals surface area contributed by atoms with Crippen LogP contribution in [0.25, 0.3) is 11.0 Å². The number of aryl methyl sites for hydroxylation is 3. The van der Waals surface area contributed by atoms with Crippen LogP contribution in [0.2, 0.25) is 0 Å². The summed E-state index contributed by atoms with van der Waals surface area (Å²) in [6.45, 7) is 5.46. The number of amides is 1. The van der Waals surface area contributed by atoms with E-state index in [1.807, 2.05) is 32.0 Å². The van der Waals surface area contributed by atoms with Crippen molar-refractivity contribution in [1.29, 1.82) is 0 Å². The minimum atomic E-state index is -2.61. The van der Waals surface area contributed by atoms with E-state index in [1.54, 1.807) is 6.92 Å². The lowest BCUT2D eigenvalue weighted by molar-refractivity contribution is -0.116. The molecule has 2 aromatic heterocycles. The molecular formula is C21H22F2N4O. The number of carbonyl (C=O) groups is 1. The Labute approximate surface area is 161 Å². The van der Waals surface area contributed by atoms with Gasteiger partial charge >= 0.3 is 0 Å². The number of benzene rings is 1. The first-order chi connectivity index (χ1) is 13.3. The lowest BCUT2D eigenvalue weighted by atomic mass is 10.1. The SMILES string of the molecule is Cc1ccc(C)c(NC(=O)Cn2nc(C)c3c(C(F)F)cc(C4CC4)nc32)c1. The number of anilines is 1. The molecule has 146 valence electrons. The lowest BCUT2D eigenvalue weighted by Gasteiger charge is -2.10. The number of alkyl halides is 2. The van der Waals surface area contributed by atoms with E-state index in [0.717, 1.165) is 29.7 Å². The number of fused-ring (bicyclic) bond motifs is 1. The summed E-state index contributed by atoms with van der Waals surface area (Å²) in [5, 5.41) is 7.57. The highest BCUT2D eigenvalue weighted by Crippen LogP contribution is 2.41. The zero-order valence-corrected chi connectivity index (χ0v) is 16.1. The number of hydrogen-bond acceptors (Lipinski definition) is 3. The van der Waals surface area contributed by atoms with E-state index in [1.165, 1.54) is 10.7 Å². The lowest BCUT2D eigenvalue weighted by Crippen LogP contribution is -2.20. The van der Waals surface area contributed by atoms with Gasteiger partial charge in [-0.2, -0.15) is 5.10 Å². The van der Waals surface area contributed by atoms with Crippen LogP contribution in [0, 0.1) is 20.8 Å². The van der Waals surface area contributed by atoms with Gasteiger partial charge in [0, 0.05) is 22.9 Å². The minimum absolute atomic E-state index is 0.0504. The van der Waals surface area contributed by atoms with Crippen LogP contribution < -0.4 is 5.32 Å². The maximum Gasteiger partial charge on any atom is 0.264 e. The molecule has 1 N–H and O–H groups in total. The van der Waals surface area contributed by atoms with Crippen LogP contribution in [0.5, 0.6) is 0 Å². The summed E-state index contributed by atoms with van der Waals surface area (Å²) in [5.74, 6) is -0.0374.